The second-order valence-corrected chi connectivity index (χ2v) is 4.55. The van der Waals surface area contributed by atoms with Crippen LogP contribution in [0.1, 0.15) is 25.0 Å². The maximum atomic E-state index is 13.0. The molecule has 0 fully saturated rings. The lowest BCUT2D eigenvalue weighted by molar-refractivity contribution is 0.170. The van der Waals surface area contributed by atoms with Gasteiger partial charge in [-0.05, 0) is 30.7 Å². The van der Waals surface area contributed by atoms with Gasteiger partial charge < -0.3 is 9.84 Å². The Kier molecular flexibility index (Phi) is 4.40. The van der Waals surface area contributed by atoms with Crippen LogP contribution in [-0.4, -0.2) is 5.11 Å². The molecule has 1 atom stereocenters. The summed E-state index contributed by atoms with van der Waals surface area (Å²) in [5.41, 5.74) is 0.686. The van der Waals surface area contributed by atoms with Crippen LogP contribution in [0.5, 0.6) is 11.5 Å². The maximum Gasteiger partial charge on any atom is 0.146 e. The fourth-order valence-electron chi connectivity index (χ4n) is 1.75. The number of halogens is 2. The normalized spacial score (nSPS) is 12.2. The third-order valence-electron chi connectivity index (χ3n) is 2.78. The lowest BCUT2D eigenvalue weighted by Crippen LogP contribution is -1.98. The minimum atomic E-state index is -0.601. The lowest BCUT2D eigenvalue weighted by atomic mass is 10.1. The first kappa shape index (κ1) is 13.8. The van der Waals surface area contributed by atoms with Gasteiger partial charge in [-0.1, -0.05) is 36.7 Å². The number of para-hydroxylation sites is 1. The molecule has 0 aromatic heterocycles. The number of rotatable bonds is 4. The second-order valence-electron chi connectivity index (χ2n) is 4.14. The van der Waals surface area contributed by atoms with Gasteiger partial charge in [-0.3, -0.25) is 0 Å². The van der Waals surface area contributed by atoms with Gasteiger partial charge in [-0.15, -0.1) is 0 Å². The zero-order valence-corrected chi connectivity index (χ0v) is 11.2. The molecule has 2 rings (SSSR count). The van der Waals surface area contributed by atoms with Crippen molar-refractivity contribution in [3.05, 3.63) is 58.9 Å². The van der Waals surface area contributed by atoms with E-state index >= 15 is 0 Å². The zero-order chi connectivity index (χ0) is 13.8. The lowest BCUT2D eigenvalue weighted by Gasteiger charge is -2.15. The molecule has 100 valence electrons. The first-order chi connectivity index (χ1) is 9.11. The first-order valence-corrected chi connectivity index (χ1v) is 6.39. The standard InChI is InChI=1S/C15H14ClFO2/c1-2-13(18)11-5-3-4-6-14(11)19-15-8-7-10(17)9-12(15)16/h3-9,13,18H,2H2,1H3. The van der Waals surface area contributed by atoms with Crippen LogP contribution in [0.2, 0.25) is 5.02 Å². The molecular weight excluding hydrogens is 267 g/mol. The van der Waals surface area contributed by atoms with Crippen molar-refractivity contribution in [3.8, 4) is 11.5 Å². The van der Waals surface area contributed by atoms with Crippen molar-refractivity contribution in [2.75, 3.05) is 0 Å². The Bertz CT molecular complexity index is 572. The molecule has 0 radical (unpaired) electrons. The van der Waals surface area contributed by atoms with Gasteiger partial charge in [-0.25, -0.2) is 4.39 Å². The molecule has 4 heteroatoms. The summed E-state index contributed by atoms with van der Waals surface area (Å²) in [6.07, 6.45) is -0.0206. The van der Waals surface area contributed by atoms with Crippen molar-refractivity contribution in [2.24, 2.45) is 0 Å². The minimum Gasteiger partial charge on any atom is -0.455 e. The van der Waals surface area contributed by atoms with E-state index in [2.05, 4.69) is 0 Å². The molecule has 0 aliphatic rings. The third kappa shape index (κ3) is 3.25. The summed E-state index contributed by atoms with van der Waals surface area (Å²) >= 11 is 5.92. The van der Waals surface area contributed by atoms with E-state index < -0.39 is 11.9 Å². The van der Waals surface area contributed by atoms with E-state index in [1.54, 1.807) is 18.2 Å². The summed E-state index contributed by atoms with van der Waals surface area (Å²) in [7, 11) is 0. The highest BCUT2D eigenvalue weighted by atomic mass is 35.5. The molecule has 0 heterocycles. The molecule has 0 spiro atoms. The molecule has 0 aliphatic heterocycles. The van der Waals surface area contributed by atoms with E-state index in [0.29, 0.717) is 23.5 Å². The van der Waals surface area contributed by atoms with Crippen molar-refractivity contribution >= 4 is 11.6 Å². The number of aliphatic hydroxyl groups excluding tert-OH is 1. The van der Waals surface area contributed by atoms with E-state index in [0.717, 1.165) is 0 Å². The van der Waals surface area contributed by atoms with Gasteiger partial charge in [0.05, 0.1) is 11.1 Å². The molecule has 0 amide bonds. The number of aliphatic hydroxyl groups is 1. The quantitative estimate of drug-likeness (QED) is 0.878. The van der Waals surface area contributed by atoms with Crippen molar-refractivity contribution in [1.82, 2.24) is 0 Å². The van der Waals surface area contributed by atoms with Crippen LogP contribution >= 0.6 is 11.6 Å². The van der Waals surface area contributed by atoms with Crippen LogP contribution in [0.25, 0.3) is 0 Å². The first-order valence-electron chi connectivity index (χ1n) is 6.01. The molecule has 0 bridgehead atoms. The molecule has 1 N–H and O–H groups in total. The second kappa shape index (κ2) is 6.04. The van der Waals surface area contributed by atoms with Gasteiger partial charge in [0.15, 0.2) is 0 Å². The Morgan fingerprint density at radius 1 is 1.21 bits per heavy atom. The van der Waals surface area contributed by atoms with E-state index in [-0.39, 0.29) is 5.02 Å². The highest BCUT2D eigenvalue weighted by Gasteiger charge is 2.13. The molecule has 0 saturated carbocycles. The minimum absolute atomic E-state index is 0.195. The SMILES string of the molecule is CCC(O)c1ccccc1Oc1ccc(F)cc1Cl. The van der Waals surface area contributed by atoms with Crippen molar-refractivity contribution in [2.45, 2.75) is 19.4 Å². The zero-order valence-electron chi connectivity index (χ0n) is 10.4. The van der Waals surface area contributed by atoms with Crippen LogP contribution in [0.4, 0.5) is 4.39 Å². The Balaban J connectivity index is 2.33. The Labute approximate surface area is 116 Å². The Hall–Kier alpha value is -1.58. The Morgan fingerprint density at radius 3 is 2.63 bits per heavy atom. The number of hydrogen-bond donors (Lipinski definition) is 1. The Morgan fingerprint density at radius 2 is 1.95 bits per heavy atom. The van der Waals surface area contributed by atoms with Gasteiger partial charge in [0, 0.05) is 5.56 Å². The highest BCUT2D eigenvalue weighted by molar-refractivity contribution is 6.32. The summed E-state index contributed by atoms with van der Waals surface area (Å²) in [5, 5.41) is 10.1. The summed E-state index contributed by atoms with van der Waals surface area (Å²) in [6.45, 7) is 1.88. The molecule has 19 heavy (non-hydrogen) atoms. The summed E-state index contributed by atoms with van der Waals surface area (Å²) in [4.78, 5) is 0. The van der Waals surface area contributed by atoms with Gasteiger partial charge in [-0.2, -0.15) is 0 Å². The molecule has 2 aromatic carbocycles. The third-order valence-corrected chi connectivity index (χ3v) is 3.07. The van der Waals surface area contributed by atoms with E-state index in [9.17, 15) is 9.50 Å². The number of benzene rings is 2. The molecule has 0 aliphatic carbocycles. The number of ether oxygens (including phenoxy) is 1. The van der Waals surface area contributed by atoms with Crippen LogP contribution in [0.15, 0.2) is 42.5 Å². The fourth-order valence-corrected chi connectivity index (χ4v) is 1.95. The molecular formula is C15H14ClFO2. The van der Waals surface area contributed by atoms with Crippen LogP contribution in [-0.2, 0) is 0 Å². The monoisotopic (exact) mass is 280 g/mol. The fraction of sp³-hybridized carbons (Fsp3) is 0.200. The maximum absolute atomic E-state index is 13.0. The van der Waals surface area contributed by atoms with Crippen molar-refractivity contribution in [1.29, 1.82) is 0 Å². The van der Waals surface area contributed by atoms with Gasteiger partial charge >= 0.3 is 0 Å². The van der Waals surface area contributed by atoms with Crippen molar-refractivity contribution in [3.63, 3.8) is 0 Å². The van der Waals surface area contributed by atoms with E-state index in [1.807, 2.05) is 13.0 Å². The summed E-state index contributed by atoms with van der Waals surface area (Å²) in [6, 6.07) is 11.1. The van der Waals surface area contributed by atoms with Gasteiger partial charge in [0.2, 0.25) is 0 Å². The largest absolute Gasteiger partial charge is 0.455 e. The molecule has 2 nitrogen and oxygen atoms in total. The molecule has 2 aromatic rings. The molecule has 1 unspecified atom stereocenters. The van der Waals surface area contributed by atoms with E-state index in [4.69, 9.17) is 16.3 Å². The predicted molar refractivity (Wildman–Crippen MR) is 73.2 cm³/mol. The van der Waals surface area contributed by atoms with Gasteiger partial charge in [0.1, 0.15) is 17.3 Å². The average Bonchev–Trinajstić information content (AvgIpc) is 2.41. The number of hydrogen-bond acceptors (Lipinski definition) is 2. The molecule has 0 saturated heterocycles. The topological polar surface area (TPSA) is 29.5 Å². The highest BCUT2D eigenvalue weighted by Crippen LogP contribution is 2.34. The predicted octanol–water partition coefficient (Wildman–Crippen LogP) is 4.71. The van der Waals surface area contributed by atoms with Crippen LogP contribution in [0.3, 0.4) is 0 Å². The van der Waals surface area contributed by atoms with Crippen molar-refractivity contribution < 1.29 is 14.2 Å². The van der Waals surface area contributed by atoms with E-state index in [1.165, 1.54) is 18.2 Å². The smallest absolute Gasteiger partial charge is 0.146 e. The summed E-state index contributed by atoms with van der Waals surface area (Å²) < 4.78 is 18.6. The van der Waals surface area contributed by atoms with Gasteiger partial charge in [0.25, 0.3) is 0 Å². The van der Waals surface area contributed by atoms with Crippen LogP contribution < -0.4 is 4.74 Å². The average molecular weight is 281 g/mol. The summed E-state index contributed by atoms with van der Waals surface area (Å²) in [5.74, 6) is 0.461. The van der Waals surface area contributed by atoms with Crippen LogP contribution in [0, 0.1) is 5.82 Å².